The number of rotatable bonds is 3. The number of aromatic nitrogens is 4. The average molecular weight is 242 g/mol. The largest absolute Gasteiger partial charge is 0.326 e. The highest BCUT2D eigenvalue weighted by atomic mass is 16.1. The monoisotopic (exact) mass is 242 g/mol. The van der Waals surface area contributed by atoms with Crippen molar-refractivity contribution in [3.63, 3.8) is 0 Å². The number of nitriles is 1. The van der Waals surface area contributed by atoms with E-state index in [9.17, 15) is 4.79 Å². The number of hydrogen-bond donors (Lipinski definition) is 1. The Balaban J connectivity index is 2.03. The second-order valence-corrected chi connectivity index (χ2v) is 3.64. The van der Waals surface area contributed by atoms with Crippen molar-refractivity contribution in [1.82, 2.24) is 20.2 Å². The van der Waals surface area contributed by atoms with E-state index in [2.05, 4.69) is 20.8 Å². The molecule has 2 aromatic rings. The van der Waals surface area contributed by atoms with E-state index in [1.807, 2.05) is 6.07 Å². The second kappa shape index (κ2) is 5.05. The molecule has 1 heterocycles. The lowest BCUT2D eigenvalue weighted by Crippen LogP contribution is -2.17. The van der Waals surface area contributed by atoms with Gasteiger partial charge in [0.15, 0.2) is 5.82 Å². The van der Waals surface area contributed by atoms with Crippen LogP contribution in [-0.4, -0.2) is 26.1 Å². The molecule has 0 saturated heterocycles. The van der Waals surface area contributed by atoms with Crippen molar-refractivity contribution in [2.24, 2.45) is 7.05 Å². The molecular formula is C11H10N6O. The van der Waals surface area contributed by atoms with Gasteiger partial charge in [0.25, 0.3) is 0 Å². The van der Waals surface area contributed by atoms with Gasteiger partial charge in [0.2, 0.25) is 5.91 Å². The predicted octanol–water partition coefficient (Wildman–Crippen LogP) is 0.263. The topological polar surface area (TPSA) is 96.5 Å². The molecule has 7 nitrogen and oxygen atoms in total. The summed E-state index contributed by atoms with van der Waals surface area (Å²) in [6.45, 7) is 0. The number of tetrazole rings is 1. The summed E-state index contributed by atoms with van der Waals surface area (Å²) in [5.74, 6) is 0.243. The van der Waals surface area contributed by atoms with Crippen LogP contribution in [0.3, 0.4) is 0 Å². The van der Waals surface area contributed by atoms with Crippen LogP contribution in [-0.2, 0) is 18.3 Å². The summed E-state index contributed by atoms with van der Waals surface area (Å²) in [5, 5.41) is 22.2. The van der Waals surface area contributed by atoms with Crippen molar-refractivity contribution in [3.8, 4) is 6.07 Å². The van der Waals surface area contributed by atoms with Gasteiger partial charge in [-0.1, -0.05) is 6.07 Å². The van der Waals surface area contributed by atoms with E-state index in [-0.39, 0.29) is 12.3 Å². The molecule has 7 heteroatoms. The van der Waals surface area contributed by atoms with Crippen LogP contribution in [0.15, 0.2) is 24.3 Å². The quantitative estimate of drug-likeness (QED) is 0.832. The number of amides is 1. The fourth-order valence-electron chi connectivity index (χ4n) is 1.41. The van der Waals surface area contributed by atoms with Crippen LogP contribution in [0.25, 0.3) is 0 Å². The van der Waals surface area contributed by atoms with Gasteiger partial charge in [0.05, 0.1) is 18.1 Å². The number of aryl methyl sites for hydroxylation is 1. The molecule has 0 unspecified atom stereocenters. The highest BCUT2D eigenvalue weighted by Gasteiger charge is 2.09. The van der Waals surface area contributed by atoms with Crippen LogP contribution in [0, 0.1) is 11.3 Å². The molecule has 0 spiro atoms. The Bertz CT molecular complexity index is 612. The van der Waals surface area contributed by atoms with Crippen molar-refractivity contribution < 1.29 is 4.79 Å². The van der Waals surface area contributed by atoms with E-state index in [1.165, 1.54) is 4.68 Å². The fraction of sp³-hybridized carbons (Fsp3) is 0.182. The number of benzene rings is 1. The van der Waals surface area contributed by atoms with Gasteiger partial charge < -0.3 is 5.32 Å². The van der Waals surface area contributed by atoms with E-state index in [1.54, 1.807) is 31.3 Å². The first kappa shape index (κ1) is 11.7. The second-order valence-electron chi connectivity index (χ2n) is 3.64. The molecule has 0 aliphatic rings. The maximum atomic E-state index is 11.7. The van der Waals surface area contributed by atoms with E-state index >= 15 is 0 Å². The number of hydrogen-bond acceptors (Lipinski definition) is 5. The van der Waals surface area contributed by atoms with Crippen molar-refractivity contribution in [2.45, 2.75) is 6.42 Å². The zero-order chi connectivity index (χ0) is 13.0. The molecule has 1 aromatic carbocycles. The zero-order valence-corrected chi connectivity index (χ0v) is 9.66. The molecule has 1 amide bonds. The molecule has 0 fully saturated rings. The van der Waals surface area contributed by atoms with Gasteiger partial charge in [-0.15, -0.1) is 5.10 Å². The molecule has 0 radical (unpaired) electrons. The minimum atomic E-state index is -0.233. The van der Waals surface area contributed by atoms with Crippen LogP contribution in [0.2, 0.25) is 0 Å². The molecule has 0 atom stereocenters. The minimum Gasteiger partial charge on any atom is -0.326 e. The van der Waals surface area contributed by atoms with Crippen molar-refractivity contribution in [2.75, 3.05) is 5.32 Å². The SMILES string of the molecule is Cn1nnnc1CC(=O)Nc1cccc(C#N)c1. The smallest absolute Gasteiger partial charge is 0.232 e. The van der Waals surface area contributed by atoms with Crippen molar-refractivity contribution in [3.05, 3.63) is 35.7 Å². The number of nitrogens with zero attached hydrogens (tertiary/aromatic N) is 5. The van der Waals surface area contributed by atoms with E-state index < -0.39 is 0 Å². The van der Waals surface area contributed by atoms with Gasteiger partial charge in [-0.25, -0.2) is 4.68 Å². The fourth-order valence-corrected chi connectivity index (χ4v) is 1.41. The lowest BCUT2D eigenvalue weighted by atomic mass is 10.2. The van der Waals surface area contributed by atoms with Crippen LogP contribution in [0.1, 0.15) is 11.4 Å². The third-order valence-corrected chi connectivity index (χ3v) is 2.30. The molecule has 0 saturated carbocycles. The number of carbonyl (C=O) groups excluding carboxylic acids is 1. The third kappa shape index (κ3) is 2.68. The van der Waals surface area contributed by atoms with Gasteiger partial charge in [-0.2, -0.15) is 5.26 Å². The number of anilines is 1. The Kier molecular flexibility index (Phi) is 3.29. The Labute approximate surface area is 103 Å². The molecule has 0 bridgehead atoms. The van der Waals surface area contributed by atoms with Crippen LogP contribution in [0.5, 0.6) is 0 Å². The molecule has 2 rings (SSSR count). The van der Waals surface area contributed by atoms with Crippen LogP contribution in [0.4, 0.5) is 5.69 Å². The van der Waals surface area contributed by atoms with Gasteiger partial charge in [0.1, 0.15) is 0 Å². The molecule has 1 aromatic heterocycles. The van der Waals surface area contributed by atoms with Gasteiger partial charge in [-0.3, -0.25) is 4.79 Å². The van der Waals surface area contributed by atoms with Crippen LogP contribution < -0.4 is 5.32 Å². The lowest BCUT2D eigenvalue weighted by molar-refractivity contribution is -0.115. The van der Waals surface area contributed by atoms with Gasteiger partial charge >= 0.3 is 0 Å². The summed E-state index contributed by atoms with van der Waals surface area (Å²) in [6, 6.07) is 8.70. The molecule has 0 aliphatic heterocycles. The molecule has 0 aliphatic carbocycles. The number of nitrogens with one attached hydrogen (secondary N) is 1. The Morgan fingerprint density at radius 2 is 2.39 bits per heavy atom. The molecule has 18 heavy (non-hydrogen) atoms. The predicted molar refractivity (Wildman–Crippen MR) is 62.3 cm³/mol. The summed E-state index contributed by atoms with van der Waals surface area (Å²) in [6.07, 6.45) is 0.0836. The van der Waals surface area contributed by atoms with Crippen LogP contribution >= 0.6 is 0 Å². The standard InChI is InChI=1S/C11H10N6O/c1-17-10(14-15-16-17)6-11(18)13-9-4-2-3-8(5-9)7-12/h2-5H,6H2,1H3,(H,13,18). The Morgan fingerprint density at radius 3 is 3.06 bits per heavy atom. The molecular weight excluding hydrogens is 232 g/mol. The van der Waals surface area contributed by atoms with Gasteiger partial charge in [-0.05, 0) is 28.6 Å². The summed E-state index contributed by atoms with van der Waals surface area (Å²) >= 11 is 0. The van der Waals surface area contributed by atoms with Crippen molar-refractivity contribution in [1.29, 1.82) is 5.26 Å². The third-order valence-electron chi connectivity index (χ3n) is 2.30. The normalized spacial score (nSPS) is 9.78. The first-order valence-corrected chi connectivity index (χ1v) is 5.20. The summed E-state index contributed by atoms with van der Waals surface area (Å²) in [4.78, 5) is 11.7. The average Bonchev–Trinajstić information content (AvgIpc) is 2.75. The first-order valence-electron chi connectivity index (χ1n) is 5.20. The molecule has 1 N–H and O–H groups in total. The highest BCUT2D eigenvalue weighted by molar-refractivity contribution is 5.91. The van der Waals surface area contributed by atoms with E-state index in [4.69, 9.17) is 5.26 Å². The summed E-state index contributed by atoms with van der Waals surface area (Å²) in [7, 11) is 1.67. The first-order chi connectivity index (χ1) is 8.69. The van der Waals surface area contributed by atoms with E-state index in [0.29, 0.717) is 17.1 Å². The summed E-state index contributed by atoms with van der Waals surface area (Å²) < 4.78 is 1.44. The van der Waals surface area contributed by atoms with Gasteiger partial charge in [0, 0.05) is 12.7 Å². The lowest BCUT2D eigenvalue weighted by Gasteiger charge is -2.04. The maximum absolute atomic E-state index is 11.7. The number of carbonyl (C=O) groups is 1. The van der Waals surface area contributed by atoms with E-state index in [0.717, 1.165) is 0 Å². The van der Waals surface area contributed by atoms with Crippen molar-refractivity contribution >= 4 is 11.6 Å². The molecule has 90 valence electrons. The minimum absolute atomic E-state index is 0.0836. The summed E-state index contributed by atoms with van der Waals surface area (Å²) in [5.41, 5.74) is 1.07. The Hall–Kier alpha value is -2.75. The maximum Gasteiger partial charge on any atom is 0.232 e. The Morgan fingerprint density at radius 1 is 1.56 bits per heavy atom. The zero-order valence-electron chi connectivity index (χ0n) is 9.66. The highest BCUT2D eigenvalue weighted by Crippen LogP contribution is 2.10.